The van der Waals surface area contributed by atoms with Crippen molar-refractivity contribution >= 4 is 17.6 Å². The van der Waals surface area contributed by atoms with Crippen LogP contribution in [-0.4, -0.2) is 62.1 Å². The SMILES string of the molecule is CN1CC2CN(C)CC(C1)C2OC(=O)c1ccc(Cl)cc1. The zero-order chi connectivity index (χ0) is 15.0. The van der Waals surface area contributed by atoms with Crippen molar-refractivity contribution in [2.75, 3.05) is 40.3 Å². The van der Waals surface area contributed by atoms with Crippen LogP contribution in [0, 0.1) is 11.8 Å². The van der Waals surface area contributed by atoms with Gasteiger partial charge in [0.15, 0.2) is 0 Å². The van der Waals surface area contributed by atoms with Gasteiger partial charge in [-0.05, 0) is 38.4 Å². The van der Waals surface area contributed by atoms with Gasteiger partial charge in [0.2, 0.25) is 0 Å². The van der Waals surface area contributed by atoms with Crippen LogP contribution in [0.3, 0.4) is 0 Å². The topological polar surface area (TPSA) is 32.8 Å². The van der Waals surface area contributed by atoms with Crippen LogP contribution >= 0.6 is 11.6 Å². The predicted molar refractivity (Wildman–Crippen MR) is 82.6 cm³/mol. The van der Waals surface area contributed by atoms with Crippen LogP contribution in [-0.2, 0) is 4.74 Å². The normalized spacial score (nSPS) is 30.1. The van der Waals surface area contributed by atoms with Gasteiger partial charge in [-0.2, -0.15) is 0 Å². The summed E-state index contributed by atoms with van der Waals surface area (Å²) in [4.78, 5) is 17.0. The molecule has 0 unspecified atom stereocenters. The van der Waals surface area contributed by atoms with Crippen molar-refractivity contribution in [3.05, 3.63) is 34.9 Å². The van der Waals surface area contributed by atoms with Gasteiger partial charge < -0.3 is 14.5 Å². The summed E-state index contributed by atoms with van der Waals surface area (Å²) in [5.74, 6) is 0.549. The van der Waals surface area contributed by atoms with Crippen LogP contribution in [0.15, 0.2) is 24.3 Å². The highest BCUT2D eigenvalue weighted by Gasteiger charge is 2.42. The molecule has 1 aromatic rings. The number of fused-ring (bicyclic) bond motifs is 2. The summed E-state index contributed by atoms with van der Waals surface area (Å²) >= 11 is 5.86. The molecule has 0 aliphatic carbocycles. The molecule has 0 saturated carbocycles. The van der Waals surface area contributed by atoms with E-state index in [0.29, 0.717) is 22.4 Å². The standard InChI is InChI=1S/C16H21ClN2O2/c1-18-7-12-9-19(2)10-13(8-18)15(12)21-16(20)11-3-5-14(17)6-4-11/h3-6,12-13,15H,7-10H2,1-2H3. The number of halogens is 1. The molecule has 0 amide bonds. The van der Waals surface area contributed by atoms with Gasteiger partial charge in [0.05, 0.1) is 5.56 Å². The van der Waals surface area contributed by atoms with Gasteiger partial charge in [-0.3, -0.25) is 0 Å². The number of nitrogens with zero attached hydrogens (tertiary/aromatic N) is 2. The lowest BCUT2D eigenvalue weighted by Crippen LogP contribution is -2.59. The van der Waals surface area contributed by atoms with Crippen molar-refractivity contribution in [1.82, 2.24) is 9.80 Å². The number of rotatable bonds is 2. The van der Waals surface area contributed by atoms with Crippen LogP contribution in [0.5, 0.6) is 0 Å². The molecule has 5 heteroatoms. The van der Waals surface area contributed by atoms with Gasteiger partial charge in [-0.1, -0.05) is 11.6 Å². The van der Waals surface area contributed by atoms with Gasteiger partial charge in [0.25, 0.3) is 0 Å². The highest BCUT2D eigenvalue weighted by Crippen LogP contribution is 2.31. The van der Waals surface area contributed by atoms with Crippen molar-refractivity contribution in [2.45, 2.75) is 6.10 Å². The molecular formula is C16H21ClN2O2. The first-order valence-electron chi connectivity index (χ1n) is 7.36. The largest absolute Gasteiger partial charge is 0.458 e. The van der Waals surface area contributed by atoms with Gasteiger partial charge in [-0.25, -0.2) is 4.79 Å². The summed E-state index contributed by atoms with van der Waals surface area (Å²) in [6.07, 6.45) is 0.0283. The molecule has 4 nitrogen and oxygen atoms in total. The maximum absolute atomic E-state index is 12.3. The van der Waals surface area contributed by atoms with Crippen molar-refractivity contribution in [1.29, 1.82) is 0 Å². The molecule has 2 fully saturated rings. The van der Waals surface area contributed by atoms with Crippen molar-refractivity contribution in [3.63, 3.8) is 0 Å². The number of hydrogen-bond acceptors (Lipinski definition) is 4. The highest BCUT2D eigenvalue weighted by molar-refractivity contribution is 6.30. The van der Waals surface area contributed by atoms with E-state index in [1.165, 1.54) is 0 Å². The maximum Gasteiger partial charge on any atom is 0.338 e. The predicted octanol–water partition coefficient (Wildman–Crippen LogP) is 1.99. The molecule has 21 heavy (non-hydrogen) atoms. The third-order valence-corrected chi connectivity index (χ3v) is 4.69. The molecule has 0 N–H and O–H groups in total. The van der Waals surface area contributed by atoms with E-state index in [-0.39, 0.29) is 12.1 Å². The van der Waals surface area contributed by atoms with Crippen LogP contribution in [0.4, 0.5) is 0 Å². The Balaban J connectivity index is 1.72. The molecule has 114 valence electrons. The number of ether oxygens (including phenoxy) is 1. The molecule has 2 bridgehead atoms. The fraction of sp³-hybridized carbons (Fsp3) is 0.562. The molecule has 2 aliphatic rings. The minimum atomic E-state index is -0.235. The van der Waals surface area contributed by atoms with Crippen molar-refractivity contribution in [3.8, 4) is 0 Å². The van der Waals surface area contributed by atoms with E-state index in [0.717, 1.165) is 26.2 Å². The maximum atomic E-state index is 12.3. The monoisotopic (exact) mass is 308 g/mol. The molecular weight excluding hydrogens is 288 g/mol. The van der Waals surface area contributed by atoms with E-state index >= 15 is 0 Å². The second-order valence-electron chi connectivity index (χ2n) is 6.34. The van der Waals surface area contributed by atoms with Gasteiger partial charge in [0, 0.05) is 43.0 Å². The van der Waals surface area contributed by atoms with Gasteiger partial charge in [-0.15, -0.1) is 0 Å². The molecule has 2 saturated heterocycles. The van der Waals surface area contributed by atoms with Crippen LogP contribution in [0.2, 0.25) is 5.02 Å². The lowest BCUT2D eigenvalue weighted by Gasteiger charge is -2.48. The minimum Gasteiger partial charge on any atom is -0.458 e. The van der Waals surface area contributed by atoms with E-state index in [1.54, 1.807) is 24.3 Å². The Kier molecular flexibility index (Phi) is 4.20. The Labute approximate surface area is 130 Å². The second-order valence-corrected chi connectivity index (χ2v) is 6.78. The smallest absolute Gasteiger partial charge is 0.338 e. The Bertz CT molecular complexity index is 490. The Hall–Kier alpha value is -1.10. The van der Waals surface area contributed by atoms with Crippen LogP contribution < -0.4 is 0 Å². The Morgan fingerprint density at radius 3 is 2.00 bits per heavy atom. The van der Waals surface area contributed by atoms with E-state index in [9.17, 15) is 4.79 Å². The fourth-order valence-corrected chi connectivity index (χ4v) is 3.76. The second kappa shape index (κ2) is 5.95. The number of piperidine rings is 2. The zero-order valence-corrected chi connectivity index (χ0v) is 13.2. The van der Waals surface area contributed by atoms with Crippen molar-refractivity contribution < 1.29 is 9.53 Å². The third-order valence-electron chi connectivity index (χ3n) is 4.44. The number of esters is 1. The number of carbonyl (C=O) groups excluding carboxylic acids is 1. The first kappa shape index (κ1) is 14.8. The number of carbonyl (C=O) groups is 1. The number of hydrogen-bond donors (Lipinski definition) is 0. The summed E-state index contributed by atoms with van der Waals surface area (Å²) in [5.41, 5.74) is 0.574. The van der Waals surface area contributed by atoms with Crippen molar-refractivity contribution in [2.24, 2.45) is 11.8 Å². The number of benzene rings is 1. The first-order chi connectivity index (χ1) is 10.0. The average Bonchev–Trinajstić information content (AvgIpc) is 2.41. The summed E-state index contributed by atoms with van der Waals surface area (Å²) in [5, 5.41) is 0.629. The molecule has 3 rings (SSSR count). The van der Waals surface area contributed by atoms with Gasteiger partial charge >= 0.3 is 5.97 Å². The molecule has 2 heterocycles. The minimum absolute atomic E-state index is 0.0283. The zero-order valence-electron chi connectivity index (χ0n) is 12.5. The molecule has 0 atom stereocenters. The third kappa shape index (κ3) is 3.23. The van der Waals surface area contributed by atoms with E-state index in [1.807, 2.05) is 0 Å². The Morgan fingerprint density at radius 1 is 1.05 bits per heavy atom. The molecule has 2 aliphatic heterocycles. The van der Waals surface area contributed by atoms with E-state index in [4.69, 9.17) is 16.3 Å². The fourth-order valence-electron chi connectivity index (χ4n) is 3.64. The van der Waals surface area contributed by atoms with Crippen LogP contribution in [0.25, 0.3) is 0 Å². The Morgan fingerprint density at radius 2 is 1.52 bits per heavy atom. The molecule has 0 aromatic heterocycles. The lowest BCUT2D eigenvalue weighted by molar-refractivity contribution is -0.0792. The first-order valence-corrected chi connectivity index (χ1v) is 7.74. The highest BCUT2D eigenvalue weighted by atomic mass is 35.5. The van der Waals surface area contributed by atoms with E-state index in [2.05, 4.69) is 23.9 Å². The quantitative estimate of drug-likeness (QED) is 0.782. The van der Waals surface area contributed by atoms with E-state index < -0.39 is 0 Å². The van der Waals surface area contributed by atoms with Crippen LogP contribution in [0.1, 0.15) is 10.4 Å². The summed E-state index contributed by atoms with van der Waals surface area (Å²) < 4.78 is 5.85. The molecule has 0 radical (unpaired) electrons. The molecule has 0 spiro atoms. The summed E-state index contributed by atoms with van der Waals surface area (Å²) in [6, 6.07) is 6.89. The average molecular weight is 309 g/mol. The summed E-state index contributed by atoms with van der Waals surface area (Å²) in [7, 11) is 4.28. The number of likely N-dealkylation sites (tertiary alicyclic amines) is 2. The lowest BCUT2D eigenvalue weighted by atomic mass is 9.82. The summed E-state index contributed by atoms with van der Waals surface area (Å²) in [6.45, 7) is 3.94. The molecule has 1 aromatic carbocycles. The van der Waals surface area contributed by atoms with Gasteiger partial charge in [0.1, 0.15) is 6.10 Å².